The molecule has 2 N–H and O–H groups in total. The van der Waals surface area contributed by atoms with Crippen molar-refractivity contribution in [1.29, 1.82) is 0 Å². The summed E-state index contributed by atoms with van der Waals surface area (Å²) in [6, 6.07) is 14.2. The molecule has 0 saturated heterocycles. The van der Waals surface area contributed by atoms with Crippen molar-refractivity contribution in [1.82, 2.24) is 4.98 Å². The molecule has 1 aliphatic heterocycles. The number of nitrogens with two attached hydrogens (primary N) is 1. The second-order valence-electron chi connectivity index (χ2n) is 4.59. The third-order valence-corrected chi connectivity index (χ3v) is 3.33. The molecule has 0 radical (unpaired) electrons. The van der Waals surface area contributed by atoms with Crippen molar-refractivity contribution >= 4 is 0 Å². The first-order chi connectivity index (χ1) is 8.84. The van der Waals surface area contributed by atoms with Crippen LogP contribution in [0, 0.1) is 0 Å². The molecule has 2 heterocycles. The molecule has 2 atom stereocenters. The molecule has 1 aromatic carbocycles. The van der Waals surface area contributed by atoms with E-state index < -0.39 is 0 Å². The predicted molar refractivity (Wildman–Crippen MR) is 70.0 cm³/mol. The molecule has 3 heteroatoms. The third-order valence-electron chi connectivity index (χ3n) is 3.33. The summed E-state index contributed by atoms with van der Waals surface area (Å²) < 4.78 is 5.92. The summed E-state index contributed by atoms with van der Waals surface area (Å²) in [5.41, 5.74) is 9.45. The number of rotatable bonds is 1. The van der Waals surface area contributed by atoms with Gasteiger partial charge < -0.3 is 10.5 Å². The van der Waals surface area contributed by atoms with Gasteiger partial charge in [-0.15, -0.1) is 0 Å². The highest BCUT2D eigenvalue weighted by molar-refractivity contribution is 5.28. The van der Waals surface area contributed by atoms with E-state index in [4.69, 9.17) is 10.5 Å². The van der Waals surface area contributed by atoms with Gasteiger partial charge in [-0.3, -0.25) is 4.98 Å². The molecule has 2 aromatic rings. The molecular formula is C15H16N2O. The van der Waals surface area contributed by atoms with Crippen LogP contribution in [0.25, 0.3) is 0 Å². The van der Waals surface area contributed by atoms with E-state index in [0.29, 0.717) is 6.61 Å². The second-order valence-corrected chi connectivity index (χ2v) is 4.59. The molecule has 0 spiro atoms. The highest BCUT2D eigenvalue weighted by atomic mass is 16.5. The molecule has 18 heavy (non-hydrogen) atoms. The Balaban J connectivity index is 1.94. The normalized spacial score (nSPS) is 23.2. The summed E-state index contributed by atoms with van der Waals surface area (Å²) in [4.78, 5) is 4.38. The van der Waals surface area contributed by atoms with E-state index in [1.807, 2.05) is 24.3 Å². The Morgan fingerprint density at radius 1 is 1.11 bits per heavy atom. The lowest BCUT2D eigenvalue weighted by Gasteiger charge is -2.15. The number of ether oxygens (including phenoxy) is 1. The minimum absolute atomic E-state index is 0.0719. The van der Waals surface area contributed by atoms with E-state index in [9.17, 15) is 0 Å². The summed E-state index contributed by atoms with van der Waals surface area (Å²) in [7, 11) is 0. The van der Waals surface area contributed by atoms with Crippen LogP contribution in [-0.2, 0) is 11.2 Å². The van der Waals surface area contributed by atoms with E-state index in [2.05, 4.69) is 23.2 Å². The third kappa shape index (κ3) is 2.15. The Morgan fingerprint density at radius 3 is 2.78 bits per heavy atom. The van der Waals surface area contributed by atoms with Gasteiger partial charge in [-0.05, 0) is 17.2 Å². The highest BCUT2D eigenvalue weighted by Gasteiger charge is 2.23. The molecule has 1 aromatic heterocycles. The van der Waals surface area contributed by atoms with Crippen LogP contribution in [0.4, 0.5) is 0 Å². The van der Waals surface area contributed by atoms with Gasteiger partial charge in [0.25, 0.3) is 0 Å². The smallest absolute Gasteiger partial charge is 0.0866 e. The lowest BCUT2D eigenvalue weighted by atomic mass is 10.00. The van der Waals surface area contributed by atoms with E-state index >= 15 is 0 Å². The van der Waals surface area contributed by atoms with Crippen molar-refractivity contribution in [3.05, 3.63) is 65.5 Å². The van der Waals surface area contributed by atoms with E-state index in [1.165, 1.54) is 11.1 Å². The molecule has 1 aliphatic rings. The van der Waals surface area contributed by atoms with Crippen molar-refractivity contribution in [2.75, 3.05) is 6.61 Å². The lowest BCUT2D eigenvalue weighted by molar-refractivity contribution is 0.0497. The maximum absolute atomic E-state index is 6.10. The van der Waals surface area contributed by atoms with Gasteiger partial charge in [0.15, 0.2) is 0 Å². The average molecular weight is 240 g/mol. The van der Waals surface area contributed by atoms with Gasteiger partial charge in [0.1, 0.15) is 0 Å². The van der Waals surface area contributed by atoms with Gasteiger partial charge in [-0.2, -0.15) is 0 Å². The molecule has 0 saturated carbocycles. The molecule has 0 amide bonds. The Morgan fingerprint density at radius 2 is 1.94 bits per heavy atom. The van der Waals surface area contributed by atoms with Crippen LogP contribution in [0.5, 0.6) is 0 Å². The van der Waals surface area contributed by atoms with Crippen LogP contribution in [0.15, 0.2) is 48.7 Å². The monoisotopic (exact) mass is 240 g/mol. The summed E-state index contributed by atoms with van der Waals surface area (Å²) in [5.74, 6) is 0. The van der Waals surface area contributed by atoms with E-state index in [-0.39, 0.29) is 12.1 Å². The molecule has 0 aliphatic carbocycles. The van der Waals surface area contributed by atoms with Crippen LogP contribution in [-0.4, -0.2) is 11.6 Å². The van der Waals surface area contributed by atoms with Gasteiger partial charge in [0.2, 0.25) is 0 Å². The standard InChI is InChI=1S/C15H16N2O/c16-13-10-18-14(11-5-2-1-3-6-11)9-12-7-4-8-17-15(12)13/h1-8,13-14H,9-10,16H2. The molecule has 92 valence electrons. The fraction of sp³-hybridized carbons (Fsp3) is 0.267. The Kier molecular flexibility index (Phi) is 3.09. The number of benzene rings is 1. The fourth-order valence-corrected chi connectivity index (χ4v) is 2.40. The van der Waals surface area contributed by atoms with Crippen molar-refractivity contribution < 1.29 is 4.74 Å². The van der Waals surface area contributed by atoms with Crippen molar-refractivity contribution in [2.24, 2.45) is 5.73 Å². The number of pyridine rings is 1. The zero-order chi connectivity index (χ0) is 12.4. The molecule has 3 nitrogen and oxygen atoms in total. The van der Waals surface area contributed by atoms with Gasteiger partial charge in [0, 0.05) is 12.6 Å². The number of aromatic nitrogens is 1. The fourth-order valence-electron chi connectivity index (χ4n) is 2.40. The van der Waals surface area contributed by atoms with Crippen LogP contribution in [0.1, 0.15) is 29.0 Å². The molecule has 2 unspecified atom stereocenters. The van der Waals surface area contributed by atoms with Crippen LogP contribution >= 0.6 is 0 Å². The number of fused-ring (bicyclic) bond motifs is 1. The topological polar surface area (TPSA) is 48.1 Å². The second kappa shape index (κ2) is 4.88. The first kappa shape index (κ1) is 11.4. The van der Waals surface area contributed by atoms with Gasteiger partial charge >= 0.3 is 0 Å². The molecular weight excluding hydrogens is 224 g/mol. The minimum atomic E-state index is -0.130. The van der Waals surface area contributed by atoms with Gasteiger partial charge in [-0.1, -0.05) is 36.4 Å². The van der Waals surface area contributed by atoms with Crippen molar-refractivity contribution in [2.45, 2.75) is 18.6 Å². The maximum atomic E-state index is 6.10. The Labute approximate surface area is 107 Å². The largest absolute Gasteiger partial charge is 0.371 e. The van der Waals surface area contributed by atoms with Crippen LogP contribution < -0.4 is 5.73 Å². The minimum Gasteiger partial charge on any atom is -0.371 e. The van der Waals surface area contributed by atoms with Gasteiger partial charge in [0.05, 0.1) is 24.4 Å². The van der Waals surface area contributed by atoms with Crippen molar-refractivity contribution in [3.63, 3.8) is 0 Å². The predicted octanol–water partition coefficient (Wildman–Crippen LogP) is 2.40. The van der Waals surface area contributed by atoms with Gasteiger partial charge in [-0.25, -0.2) is 0 Å². The zero-order valence-electron chi connectivity index (χ0n) is 10.1. The van der Waals surface area contributed by atoms with Crippen molar-refractivity contribution in [3.8, 4) is 0 Å². The Hall–Kier alpha value is -1.71. The number of hydrogen-bond acceptors (Lipinski definition) is 3. The SMILES string of the molecule is NC1COC(c2ccccc2)Cc2cccnc21. The highest BCUT2D eigenvalue weighted by Crippen LogP contribution is 2.29. The zero-order valence-corrected chi connectivity index (χ0v) is 10.1. The summed E-state index contributed by atoms with van der Waals surface area (Å²) >= 11 is 0. The van der Waals surface area contributed by atoms with E-state index in [0.717, 1.165) is 12.1 Å². The Bertz CT molecular complexity index is 527. The van der Waals surface area contributed by atoms with Crippen LogP contribution in [0.2, 0.25) is 0 Å². The quantitative estimate of drug-likeness (QED) is 0.832. The summed E-state index contributed by atoms with van der Waals surface area (Å²) in [6.07, 6.45) is 2.70. The lowest BCUT2D eigenvalue weighted by Crippen LogP contribution is -2.17. The first-order valence-electron chi connectivity index (χ1n) is 6.20. The molecule has 0 bridgehead atoms. The van der Waals surface area contributed by atoms with E-state index in [1.54, 1.807) is 6.20 Å². The molecule has 0 fully saturated rings. The first-order valence-corrected chi connectivity index (χ1v) is 6.20. The van der Waals surface area contributed by atoms with Crippen LogP contribution in [0.3, 0.4) is 0 Å². The number of nitrogens with zero attached hydrogens (tertiary/aromatic N) is 1. The summed E-state index contributed by atoms with van der Waals surface area (Å²) in [6.45, 7) is 0.517. The maximum Gasteiger partial charge on any atom is 0.0866 e. The summed E-state index contributed by atoms with van der Waals surface area (Å²) in [5, 5.41) is 0. The average Bonchev–Trinajstić information content (AvgIpc) is 2.60. The molecule has 3 rings (SSSR count). The number of hydrogen-bond donors (Lipinski definition) is 1.